The molecule has 0 radical (unpaired) electrons. The average molecular weight is 208 g/mol. The van der Waals surface area contributed by atoms with E-state index in [2.05, 4.69) is 16.9 Å². The number of likely N-dealkylation sites (tertiary alicyclic amines) is 1. The number of nitrogens with zero attached hydrogens (tertiary/aromatic N) is 3. The molecule has 0 saturated carbocycles. The van der Waals surface area contributed by atoms with Gasteiger partial charge in [0.2, 0.25) is 0 Å². The van der Waals surface area contributed by atoms with Crippen molar-refractivity contribution in [3.8, 4) is 0 Å². The van der Waals surface area contributed by atoms with Crippen LogP contribution < -0.4 is 5.73 Å². The van der Waals surface area contributed by atoms with E-state index < -0.39 is 0 Å². The number of nitrogen functional groups attached to an aromatic ring is 1. The predicted molar refractivity (Wildman–Crippen MR) is 61.6 cm³/mol. The van der Waals surface area contributed by atoms with Gasteiger partial charge in [0.15, 0.2) is 0 Å². The van der Waals surface area contributed by atoms with Crippen molar-refractivity contribution in [2.45, 2.75) is 26.8 Å². The van der Waals surface area contributed by atoms with Gasteiger partial charge in [0.25, 0.3) is 0 Å². The van der Waals surface area contributed by atoms with Crippen LogP contribution in [0.5, 0.6) is 0 Å². The monoisotopic (exact) mass is 208 g/mol. The van der Waals surface area contributed by atoms with E-state index in [0.29, 0.717) is 0 Å². The first-order chi connectivity index (χ1) is 7.16. The summed E-state index contributed by atoms with van der Waals surface area (Å²) in [6.45, 7) is 8.85. The molecule has 0 aromatic carbocycles. The van der Waals surface area contributed by atoms with E-state index in [9.17, 15) is 0 Å². The maximum Gasteiger partial charge on any atom is 0.0730 e. The molecule has 4 nitrogen and oxygen atoms in total. The maximum atomic E-state index is 5.75. The molecule has 1 fully saturated rings. The molecule has 1 unspecified atom stereocenters. The number of aromatic nitrogens is 2. The van der Waals surface area contributed by atoms with Gasteiger partial charge in [0, 0.05) is 13.1 Å². The smallest absolute Gasteiger partial charge is 0.0730 e. The van der Waals surface area contributed by atoms with Crippen LogP contribution in [-0.2, 0) is 6.54 Å². The number of nitrogens with two attached hydrogens (primary N) is 1. The minimum atomic E-state index is 0.796. The first-order valence-electron chi connectivity index (χ1n) is 5.67. The second-order valence-corrected chi connectivity index (χ2v) is 4.60. The third kappa shape index (κ3) is 2.31. The number of rotatable bonds is 3. The van der Waals surface area contributed by atoms with Gasteiger partial charge in [0.1, 0.15) is 0 Å². The Hall–Kier alpha value is -1.03. The zero-order valence-corrected chi connectivity index (χ0v) is 9.61. The molecular weight excluding hydrogens is 188 g/mol. The van der Waals surface area contributed by atoms with Gasteiger partial charge in [-0.3, -0.25) is 4.68 Å². The molecule has 1 aromatic heterocycles. The van der Waals surface area contributed by atoms with E-state index in [1.807, 2.05) is 11.6 Å². The Balaban J connectivity index is 1.85. The van der Waals surface area contributed by atoms with Crippen molar-refractivity contribution in [3.63, 3.8) is 0 Å². The van der Waals surface area contributed by atoms with Crippen molar-refractivity contribution in [1.82, 2.24) is 14.7 Å². The largest absolute Gasteiger partial charge is 0.396 e. The molecule has 2 heterocycles. The van der Waals surface area contributed by atoms with Gasteiger partial charge >= 0.3 is 0 Å². The standard InChI is InChI=1S/C11H20N4/c1-9-3-4-14(8-9)5-6-15-10(2)11(12)7-13-15/h7,9H,3-6,8,12H2,1-2H3. The highest BCUT2D eigenvalue weighted by molar-refractivity contribution is 5.39. The van der Waals surface area contributed by atoms with Gasteiger partial charge in [-0.1, -0.05) is 6.92 Å². The molecule has 15 heavy (non-hydrogen) atoms. The third-order valence-corrected chi connectivity index (χ3v) is 3.28. The van der Waals surface area contributed by atoms with Crippen molar-refractivity contribution in [2.24, 2.45) is 5.92 Å². The zero-order chi connectivity index (χ0) is 10.8. The highest BCUT2D eigenvalue weighted by Gasteiger charge is 2.18. The summed E-state index contributed by atoms with van der Waals surface area (Å²) in [7, 11) is 0. The van der Waals surface area contributed by atoms with Crippen LogP contribution in [0, 0.1) is 12.8 Å². The van der Waals surface area contributed by atoms with Gasteiger partial charge in [-0.05, 0) is 25.8 Å². The molecule has 4 heteroatoms. The first-order valence-corrected chi connectivity index (χ1v) is 5.67. The van der Waals surface area contributed by atoms with Gasteiger partial charge in [-0.2, -0.15) is 5.10 Å². The summed E-state index contributed by atoms with van der Waals surface area (Å²) < 4.78 is 2.00. The van der Waals surface area contributed by atoms with Gasteiger partial charge in [0.05, 0.1) is 24.1 Å². The molecule has 0 amide bonds. The lowest BCUT2D eigenvalue weighted by Gasteiger charge is -2.15. The summed E-state index contributed by atoms with van der Waals surface area (Å²) in [5, 5.41) is 4.26. The Morgan fingerprint density at radius 2 is 2.33 bits per heavy atom. The Morgan fingerprint density at radius 1 is 1.53 bits per heavy atom. The van der Waals surface area contributed by atoms with Gasteiger partial charge in [-0.25, -0.2) is 0 Å². The normalized spacial score (nSPS) is 22.4. The topological polar surface area (TPSA) is 47.1 Å². The lowest BCUT2D eigenvalue weighted by atomic mass is 10.2. The van der Waals surface area contributed by atoms with E-state index in [1.54, 1.807) is 6.20 Å². The summed E-state index contributed by atoms with van der Waals surface area (Å²) in [5.74, 6) is 0.855. The van der Waals surface area contributed by atoms with Crippen molar-refractivity contribution in [2.75, 3.05) is 25.4 Å². The summed E-state index contributed by atoms with van der Waals surface area (Å²) in [6.07, 6.45) is 3.07. The van der Waals surface area contributed by atoms with E-state index in [4.69, 9.17) is 5.73 Å². The Bertz CT molecular complexity index is 331. The van der Waals surface area contributed by atoms with E-state index in [0.717, 1.165) is 30.4 Å². The second-order valence-electron chi connectivity index (χ2n) is 4.60. The quantitative estimate of drug-likeness (QED) is 0.809. The van der Waals surface area contributed by atoms with Gasteiger partial charge < -0.3 is 10.6 Å². The number of anilines is 1. The van der Waals surface area contributed by atoms with Crippen molar-refractivity contribution < 1.29 is 0 Å². The summed E-state index contributed by atoms with van der Waals surface area (Å²) in [5.41, 5.74) is 7.63. The average Bonchev–Trinajstić information content (AvgIpc) is 2.74. The van der Waals surface area contributed by atoms with Crippen LogP contribution in [0.1, 0.15) is 19.0 Å². The Kier molecular flexibility index (Phi) is 2.95. The fourth-order valence-electron chi connectivity index (χ4n) is 2.15. The Labute approximate surface area is 91.1 Å². The second kappa shape index (κ2) is 4.23. The van der Waals surface area contributed by atoms with Crippen molar-refractivity contribution >= 4 is 5.69 Å². The lowest BCUT2D eigenvalue weighted by Crippen LogP contribution is -2.25. The summed E-state index contributed by atoms with van der Waals surface area (Å²) in [6, 6.07) is 0. The predicted octanol–water partition coefficient (Wildman–Crippen LogP) is 1.12. The van der Waals surface area contributed by atoms with Crippen LogP contribution in [0.4, 0.5) is 5.69 Å². The maximum absolute atomic E-state index is 5.75. The minimum absolute atomic E-state index is 0.796. The molecule has 1 aromatic rings. The van der Waals surface area contributed by atoms with Crippen LogP contribution in [0.15, 0.2) is 6.20 Å². The lowest BCUT2D eigenvalue weighted by molar-refractivity contribution is 0.305. The minimum Gasteiger partial charge on any atom is -0.396 e. The zero-order valence-electron chi connectivity index (χ0n) is 9.61. The molecule has 84 valence electrons. The van der Waals surface area contributed by atoms with Crippen LogP contribution in [0.2, 0.25) is 0 Å². The molecule has 1 atom stereocenters. The summed E-state index contributed by atoms with van der Waals surface area (Å²) in [4.78, 5) is 2.50. The molecule has 2 rings (SSSR count). The molecule has 0 bridgehead atoms. The fraction of sp³-hybridized carbons (Fsp3) is 0.727. The van der Waals surface area contributed by atoms with E-state index >= 15 is 0 Å². The number of hydrogen-bond donors (Lipinski definition) is 1. The highest BCUT2D eigenvalue weighted by Crippen LogP contribution is 2.15. The SMILES string of the molecule is Cc1c(N)cnn1CCN1CCC(C)C1. The third-order valence-electron chi connectivity index (χ3n) is 3.28. The van der Waals surface area contributed by atoms with Crippen LogP contribution in [0.3, 0.4) is 0 Å². The fourth-order valence-corrected chi connectivity index (χ4v) is 2.15. The Morgan fingerprint density at radius 3 is 2.87 bits per heavy atom. The molecule has 2 N–H and O–H groups in total. The van der Waals surface area contributed by atoms with Crippen molar-refractivity contribution in [3.05, 3.63) is 11.9 Å². The first kappa shape index (κ1) is 10.5. The van der Waals surface area contributed by atoms with Crippen LogP contribution >= 0.6 is 0 Å². The molecular formula is C11H20N4. The van der Waals surface area contributed by atoms with E-state index in [-0.39, 0.29) is 0 Å². The molecule has 0 spiro atoms. The van der Waals surface area contributed by atoms with E-state index in [1.165, 1.54) is 19.5 Å². The molecule has 1 aliphatic rings. The van der Waals surface area contributed by atoms with Crippen LogP contribution in [0.25, 0.3) is 0 Å². The summed E-state index contributed by atoms with van der Waals surface area (Å²) >= 11 is 0. The molecule has 1 aliphatic heterocycles. The highest BCUT2D eigenvalue weighted by atomic mass is 15.3. The van der Waals surface area contributed by atoms with Crippen LogP contribution in [-0.4, -0.2) is 34.3 Å². The van der Waals surface area contributed by atoms with Gasteiger partial charge in [-0.15, -0.1) is 0 Å². The molecule has 0 aliphatic carbocycles. The number of hydrogen-bond acceptors (Lipinski definition) is 3. The molecule has 1 saturated heterocycles. The van der Waals surface area contributed by atoms with Crippen molar-refractivity contribution in [1.29, 1.82) is 0 Å².